The third-order valence-electron chi connectivity index (χ3n) is 3.08. The molecule has 3 rings (SSSR count). The summed E-state index contributed by atoms with van der Waals surface area (Å²) in [5, 5.41) is 0. The van der Waals surface area contributed by atoms with Crippen molar-refractivity contribution in [2.24, 2.45) is 11.8 Å². The Kier molecular flexibility index (Phi) is 1.71. The van der Waals surface area contributed by atoms with Crippen molar-refractivity contribution in [3.05, 3.63) is 0 Å². The van der Waals surface area contributed by atoms with Crippen LogP contribution in [0.1, 0.15) is 19.3 Å². The Bertz CT molecular complexity index is 155. The molecular formula is C8H12I2-2. The number of halogens is 2. The molecule has 1 aliphatic carbocycles. The summed E-state index contributed by atoms with van der Waals surface area (Å²) >= 11 is 1.49. The van der Waals surface area contributed by atoms with Crippen LogP contribution in [-0.2, 0) is 0 Å². The summed E-state index contributed by atoms with van der Waals surface area (Å²) in [6.07, 6.45) is 4.94. The van der Waals surface area contributed by atoms with Crippen LogP contribution in [0, 0.1) is 11.8 Å². The summed E-state index contributed by atoms with van der Waals surface area (Å²) in [5.41, 5.74) is 0. The van der Waals surface area contributed by atoms with Crippen LogP contribution in [0.25, 0.3) is 0 Å². The maximum absolute atomic E-state index is 1.69. The molecule has 60 valence electrons. The fraction of sp³-hybridized carbons (Fsp3) is 1.00. The van der Waals surface area contributed by atoms with E-state index in [9.17, 15) is 0 Å². The number of alkyl halides is 4. The van der Waals surface area contributed by atoms with Crippen LogP contribution in [0.4, 0.5) is 0 Å². The fourth-order valence-corrected chi connectivity index (χ4v) is 16.1. The van der Waals surface area contributed by atoms with Gasteiger partial charge in [-0.1, -0.05) is 0 Å². The third-order valence-corrected chi connectivity index (χ3v) is 14.0. The molecule has 0 N–H and O–H groups in total. The van der Waals surface area contributed by atoms with Gasteiger partial charge in [-0.25, -0.2) is 0 Å². The Morgan fingerprint density at radius 2 is 2.10 bits per heavy atom. The van der Waals surface area contributed by atoms with E-state index in [2.05, 4.69) is 0 Å². The molecule has 0 amide bonds. The van der Waals surface area contributed by atoms with Crippen LogP contribution < -0.4 is 42.4 Å². The molecule has 2 heteroatoms. The average molecular weight is 362 g/mol. The molecule has 2 aliphatic heterocycles. The van der Waals surface area contributed by atoms with Gasteiger partial charge in [-0.05, 0) is 0 Å². The molecule has 0 spiro atoms. The van der Waals surface area contributed by atoms with Gasteiger partial charge in [-0.2, -0.15) is 0 Å². The van der Waals surface area contributed by atoms with Gasteiger partial charge in [0.2, 0.25) is 0 Å². The molecule has 0 bridgehead atoms. The number of rotatable bonds is 0. The first-order valence-electron chi connectivity index (χ1n) is 4.15. The van der Waals surface area contributed by atoms with Crippen molar-refractivity contribution < 1.29 is 42.4 Å². The summed E-state index contributed by atoms with van der Waals surface area (Å²) in [7, 11) is 0. The molecule has 0 aromatic rings. The molecule has 0 nitrogen and oxygen atoms in total. The zero-order valence-electron chi connectivity index (χ0n) is 5.89. The van der Waals surface area contributed by atoms with Gasteiger partial charge in [-0.3, -0.25) is 0 Å². The summed E-state index contributed by atoms with van der Waals surface area (Å²) in [6.45, 7) is 0. The number of hydrogen-bond acceptors (Lipinski definition) is 0. The second-order valence-electron chi connectivity index (χ2n) is 3.52. The summed E-state index contributed by atoms with van der Waals surface area (Å²) in [4.78, 5) is 0. The topological polar surface area (TPSA) is 0 Å². The Morgan fingerprint density at radius 3 is 3.00 bits per heavy atom. The molecule has 2 heterocycles. The van der Waals surface area contributed by atoms with E-state index in [1.165, 1.54) is 17.7 Å². The van der Waals surface area contributed by atoms with Crippen LogP contribution in [0.2, 0.25) is 0 Å². The Morgan fingerprint density at radius 1 is 1.10 bits per heavy atom. The van der Waals surface area contributed by atoms with Crippen LogP contribution in [0.15, 0.2) is 0 Å². The van der Waals surface area contributed by atoms with E-state index in [1.54, 1.807) is 23.7 Å². The first kappa shape index (κ1) is 6.92. The van der Waals surface area contributed by atoms with Crippen molar-refractivity contribution >= 4 is 0 Å². The van der Waals surface area contributed by atoms with Gasteiger partial charge in [0.15, 0.2) is 0 Å². The zero-order valence-corrected chi connectivity index (χ0v) is 10.2. The molecular weight excluding hydrogens is 350 g/mol. The van der Waals surface area contributed by atoms with Crippen LogP contribution in [0.3, 0.4) is 0 Å². The van der Waals surface area contributed by atoms with E-state index < -0.39 is 0 Å². The van der Waals surface area contributed by atoms with E-state index in [-0.39, 0.29) is 0 Å². The molecule has 3 aliphatic rings. The van der Waals surface area contributed by atoms with Crippen LogP contribution >= 0.6 is 0 Å². The van der Waals surface area contributed by atoms with Crippen molar-refractivity contribution in [2.45, 2.75) is 25.1 Å². The maximum atomic E-state index is 1.69. The van der Waals surface area contributed by atoms with E-state index in [4.69, 9.17) is 0 Å². The number of hydrogen-bond donors (Lipinski definition) is 0. The molecule has 4 atom stereocenters. The van der Waals surface area contributed by atoms with Gasteiger partial charge in [-0.15, -0.1) is 0 Å². The average Bonchev–Trinajstić information content (AvgIpc) is 2.25. The first-order chi connectivity index (χ1) is 4.95. The Hall–Kier alpha value is 1.46. The second-order valence-corrected chi connectivity index (χ2v) is 12.9. The third kappa shape index (κ3) is 0.836. The summed E-state index contributed by atoms with van der Waals surface area (Å²) in [5.74, 6) is 2.58. The SMILES string of the molecule is C1CC2CCC3[I-]C([I-]1)C23. The van der Waals surface area contributed by atoms with Gasteiger partial charge in [0.1, 0.15) is 0 Å². The van der Waals surface area contributed by atoms with E-state index in [0.717, 1.165) is 42.4 Å². The molecule has 1 saturated carbocycles. The molecule has 4 unspecified atom stereocenters. The van der Waals surface area contributed by atoms with Gasteiger partial charge in [0.05, 0.1) is 0 Å². The van der Waals surface area contributed by atoms with Gasteiger partial charge in [0, 0.05) is 0 Å². The van der Waals surface area contributed by atoms with Crippen LogP contribution in [0.5, 0.6) is 0 Å². The van der Waals surface area contributed by atoms with Crippen molar-refractivity contribution in [3.63, 3.8) is 0 Å². The standard InChI is InChI=1S/C8H12I2/c1-2-6-7-5(1)3-4-9-8(7)10-6/h5-8H,1-4H2/q-2. The van der Waals surface area contributed by atoms with Gasteiger partial charge < -0.3 is 0 Å². The minimum atomic E-state index is 0.733. The van der Waals surface area contributed by atoms with E-state index >= 15 is 0 Å². The minimum absolute atomic E-state index is 0.733. The molecule has 0 aromatic carbocycles. The predicted octanol–water partition coefficient (Wildman–Crippen LogP) is -4.70. The van der Waals surface area contributed by atoms with Gasteiger partial charge >= 0.3 is 83.8 Å². The normalized spacial score (nSPS) is 59.2. The van der Waals surface area contributed by atoms with E-state index in [1.807, 2.05) is 0 Å². The van der Waals surface area contributed by atoms with Crippen molar-refractivity contribution in [1.82, 2.24) is 0 Å². The van der Waals surface area contributed by atoms with Gasteiger partial charge in [0.25, 0.3) is 0 Å². The van der Waals surface area contributed by atoms with E-state index in [0.29, 0.717) is 0 Å². The quantitative estimate of drug-likeness (QED) is 0.300. The molecule has 10 heavy (non-hydrogen) atoms. The molecule has 0 radical (unpaired) electrons. The van der Waals surface area contributed by atoms with Crippen LogP contribution in [-0.4, -0.2) is 10.3 Å². The second kappa shape index (κ2) is 2.47. The first-order valence-corrected chi connectivity index (χ1v) is 9.41. The van der Waals surface area contributed by atoms with Crippen molar-refractivity contribution in [3.8, 4) is 0 Å². The monoisotopic (exact) mass is 362 g/mol. The predicted molar refractivity (Wildman–Crippen MR) is 33.3 cm³/mol. The Balaban J connectivity index is 1.86. The zero-order chi connectivity index (χ0) is 6.55. The summed E-state index contributed by atoms with van der Waals surface area (Å²) < 4.78 is 4.45. The molecule has 3 fully saturated rings. The van der Waals surface area contributed by atoms with Crippen molar-refractivity contribution in [1.29, 1.82) is 0 Å². The Labute approximate surface area is 83.0 Å². The summed E-state index contributed by atoms with van der Waals surface area (Å²) in [6, 6.07) is 0. The fourth-order valence-electron chi connectivity index (χ4n) is 2.50. The van der Waals surface area contributed by atoms with Crippen molar-refractivity contribution in [2.75, 3.05) is 4.43 Å². The molecule has 0 aromatic heterocycles. The molecule has 2 saturated heterocycles.